The van der Waals surface area contributed by atoms with E-state index in [0.29, 0.717) is 0 Å². The first-order valence-corrected chi connectivity index (χ1v) is 5.81. The quantitative estimate of drug-likeness (QED) is 0.593. The van der Waals surface area contributed by atoms with Gasteiger partial charge >= 0.3 is 0 Å². The summed E-state index contributed by atoms with van der Waals surface area (Å²) in [6.45, 7) is 6.72. The predicted octanol–water partition coefficient (Wildman–Crippen LogP) is 0.0972. The Kier molecular flexibility index (Phi) is 6.34. The average Bonchev–Trinajstić information content (AvgIpc) is 2.27. The summed E-state index contributed by atoms with van der Waals surface area (Å²) in [7, 11) is 0. The number of Topliss-reactive ketones (excluding diaryl/α,β-unsaturated/α-hetero) is 1. The van der Waals surface area contributed by atoms with Crippen LogP contribution in [0.1, 0.15) is 34.1 Å². The number of hydrogen-bond donors (Lipinski definition) is 3. The number of rotatable bonds is 7. The molecule has 1 amide bonds. The van der Waals surface area contributed by atoms with E-state index >= 15 is 0 Å². The van der Waals surface area contributed by atoms with E-state index < -0.39 is 17.4 Å². The van der Waals surface area contributed by atoms with E-state index in [-0.39, 0.29) is 31.3 Å². The molecule has 0 rings (SSSR count). The highest BCUT2D eigenvalue weighted by Gasteiger charge is 2.32. The van der Waals surface area contributed by atoms with Crippen LogP contribution in [0.3, 0.4) is 0 Å². The summed E-state index contributed by atoms with van der Waals surface area (Å²) in [6.07, 6.45) is -1.02. The Morgan fingerprint density at radius 3 is 2.24 bits per heavy atom. The SMILES string of the molecule is CC(C)C(=O)CCNC(=O)[C@H](O)C(C)(C)CO. The van der Waals surface area contributed by atoms with Crippen LogP contribution in [-0.4, -0.2) is 41.2 Å². The van der Waals surface area contributed by atoms with Crippen molar-refractivity contribution in [2.75, 3.05) is 13.2 Å². The molecular formula is C12H23NO4. The zero-order chi connectivity index (χ0) is 13.6. The molecule has 0 aliphatic rings. The number of aliphatic hydroxyl groups excluding tert-OH is 2. The predicted molar refractivity (Wildman–Crippen MR) is 64.3 cm³/mol. The summed E-state index contributed by atoms with van der Waals surface area (Å²) >= 11 is 0. The molecule has 0 aromatic heterocycles. The molecule has 100 valence electrons. The molecule has 17 heavy (non-hydrogen) atoms. The van der Waals surface area contributed by atoms with Gasteiger partial charge in [-0.15, -0.1) is 0 Å². The van der Waals surface area contributed by atoms with Gasteiger partial charge in [0.1, 0.15) is 11.9 Å². The zero-order valence-electron chi connectivity index (χ0n) is 11.0. The third-order valence-electron chi connectivity index (χ3n) is 2.71. The summed E-state index contributed by atoms with van der Waals surface area (Å²) in [4.78, 5) is 22.8. The van der Waals surface area contributed by atoms with Gasteiger partial charge in [-0.2, -0.15) is 0 Å². The second-order valence-electron chi connectivity index (χ2n) is 5.21. The van der Waals surface area contributed by atoms with Gasteiger partial charge in [0, 0.05) is 24.3 Å². The Bertz CT molecular complexity index is 274. The van der Waals surface area contributed by atoms with Gasteiger partial charge < -0.3 is 15.5 Å². The lowest BCUT2D eigenvalue weighted by Gasteiger charge is -2.27. The number of aliphatic hydroxyl groups is 2. The average molecular weight is 245 g/mol. The lowest BCUT2D eigenvalue weighted by molar-refractivity contribution is -0.137. The zero-order valence-corrected chi connectivity index (χ0v) is 11.0. The van der Waals surface area contributed by atoms with Crippen LogP contribution in [0, 0.1) is 11.3 Å². The van der Waals surface area contributed by atoms with Crippen LogP contribution in [0.2, 0.25) is 0 Å². The van der Waals surface area contributed by atoms with E-state index in [9.17, 15) is 14.7 Å². The molecule has 0 fully saturated rings. The maximum absolute atomic E-state index is 11.5. The van der Waals surface area contributed by atoms with E-state index in [4.69, 9.17) is 5.11 Å². The van der Waals surface area contributed by atoms with Crippen molar-refractivity contribution >= 4 is 11.7 Å². The van der Waals surface area contributed by atoms with Crippen LogP contribution < -0.4 is 5.32 Å². The molecule has 0 radical (unpaired) electrons. The van der Waals surface area contributed by atoms with Crippen molar-refractivity contribution in [2.24, 2.45) is 11.3 Å². The van der Waals surface area contributed by atoms with Gasteiger partial charge in [-0.3, -0.25) is 9.59 Å². The van der Waals surface area contributed by atoms with Crippen LogP contribution in [0.25, 0.3) is 0 Å². The van der Waals surface area contributed by atoms with Gasteiger partial charge in [-0.25, -0.2) is 0 Å². The minimum absolute atomic E-state index is 0.0503. The van der Waals surface area contributed by atoms with E-state index in [1.54, 1.807) is 27.7 Å². The molecule has 0 aromatic rings. The lowest BCUT2D eigenvalue weighted by Crippen LogP contribution is -2.46. The summed E-state index contributed by atoms with van der Waals surface area (Å²) < 4.78 is 0. The molecule has 0 saturated heterocycles. The van der Waals surface area contributed by atoms with Crippen LogP contribution >= 0.6 is 0 Å². The first kappa shape index (κ1) is 16.1. The smallest absolute Gasteiger partial charge is 0.249 e. The molecule has 0 spiro atoms. The molecule has 5 nitrogen and oxygen atoms in total. The molecule has 0 unspecified atom stereocenters. The molecular weight excluding hydrogens is 222 g/mol. The standard InChI is InChI=1S/C12H23NO4/c1-8(2)9(15)5-6-13-11(17)10(16)12(3,4)7-14/h8,10,14,16H,5-7H2,1-4H3,(H,13,17)/t10-/m0/s1. The van der Waals surface area contributed by atoms with Crippen LogP contribution in [0.15, 0.2) is 0 Å². The van der Waals surface area contributed by atoms with E-state index in [1.165, 1.54) is 0 Å². The van der Waals surface area contributed by atoms with E-state index in [0.717, 1.165) is 0 Å². The van der Waals surface area contributed by atoms with Gasteiger partial charge in [-0.1, -0.05) is 27.7 Å². The van der Waals surface area contributed by atoms with Crippen molar-refractivity contribution in [3.05, 3.63) is 0 Å². The Balaban J connectivity index is 4.07. The number of amides is 1. The van der Waals surface area contributed by atoms with Gasteiger partial charge in [0.05, 0.1) is 6.61 Å². The number of nitrogens with one attached hydrogen (secondary N) is 1. The van der Waals surface area contributed by atoms with E-state index in [1.807, 2.05) is 0 Å². The maximum atomic E-state index is 11.5. The highest BCUT2D eigenvalue weighted by atomic mass is 16.3. The van der Waals surface area contributed by atoms with Crippen molar-refractivity contribution in [1.82, 2.24) is 5.32 Å². The fourth-order valence-electron chi connectivity index (χ4n) is 1.14. The third-order valence-corrected chi connectivity index (χ3v) is 2.71. The fourth-order valence-corrected chi connectivity index (χ4v) is 1.14. The topological polar surface area (TPSA) is 86.6 Å². The molecule has 0 heterocycles. The van der Waals surface area contributed by atoms with Crippen LogP contribution in [0.4, 0.5) is 0 Å². The Morgan fingerprint density at radius 2 is 1.82 bits per heavy atom. The molecule has 3 N–H and O–H groups in total. The number of hydrogen-bond acceptors (Lipinski definition) is 4. The lowest BCUT2D eigenvalue weighted by atomic mass is 9.87. The Labute approximate surface area is 102 Å². The molecule has 0 aliphatic carbocycles. The largest absolute Gasteiger partial charge is 0.396 e. The first-order chi connectivity index (χ1) is 7.72. The Hall–Kier alpha value is -0.940. The second kappa shape index (κ2) is 6.71. The summed E-state index contributed by atoms with van der Waals surface area (Å²) in [5, 5.41) is 21.2. The van der Waals surface area contributed by atoms with Gasteiger partial charge in [0.25, 0.3) is 0 Å². The minimum Gasteiger partial charge on any atom is -0.396 e. The first-order valence-electron chi connectivity index (χ1n) is 5.81. The number of ketones is 1. The third kappa shape index (κ3) is 5.28. The minimum atomic E-state index is -1.28. The number of carbonyl (C=O) groups excluding carboxylic acids is 2. The number of carbonyl (C=O) groups is 2. The summed E-state index contributed by atoms with van der Waals surface area (Å²) in [6, 6.07) is 0. The molecule has 0 aromatic carbocycles. The van der Waals surface area contributed by atoms with Crippen LogP contribution in [0.5, 0.6) is 0 Å². The highest BCUT2D eigenvalue weighted by Crippen LogP contribution is 2.19. The normalized spacial score (nSPS) is 13.6. The fraction of sp³-hybridized carbons (Fsp3) is 0.833. The van der Waals surface area contributed by atoms with Crippen molar-refractivity contribution < 1.29 is 19.8 Å². The van der Waals surface area contributed by atoms with Crippen molar-refractivity contribution in [3.8, 4) is 0 Å². The monoisotopic (exact) mass is 245 g/mol. The molecule has 1 atom stereocenters. The van der Waals surface area contributed by atoms with Crippen molar-refractivity contribution in [2.45, 2.75) is 40.2 Å². The summed E-state index contributed by atoms with van der Waals surface area (Å²) in [5.74, 6) is -0.535. The molecule has 0 aliphatic heterocycles. The van der Waals surface area contributed by atoms with E-state index in [2.05, 4.69) is 5.32 Å². The van der Waals surface area contributed by atoms with Crippen LogP contribution in [-0.2, 0) is 9.59 Å². The van der Waals surface area contributed by atoms with Gasteiger partial charge in [-0.05, 0) is 0 Å². The Morgan fingerprint density at radius 1 is 1.29 bits per heavy atom. The summed E-state index contributed by atoms with van der Waals surface area (Å²) in [5.41, 5.74) is -0.883. The molecule has 0 bridgehead atoms. The van der Waals surface area contributed by atoms with Gasteiger partial charge in [0.15, 0.2) is 0 Å². The second-order valence-corrected chi connectivity index (χ2v) is 5.21. The molecule has 0 saturated carbocycles. The maximum Gasteiger partial charge on any atom is 0.249 e. The highest BCUT2D eigenvalue weighted by molar-refractivity contribution is 5.83. The molecule has 5 heteroatoms. The van der Waals surface area contributed by atoms with Crippen molar-refractivity contribution in [1.29, 1.82) is 0 Å². The van der Waals surface area contributed by atoms with Gasteiger partial charge in [0.2, 0.25) is 5.91 Å². The van der Waals surface area contributed by atoms with Crippen molar-refractivity contribution in [3.63, 3.8) is 0 Å².